The number of hydrogen-bond acceptors (Lipinski definition) is 2. The van der Waals surface area contributed by atoms with Crippen LogP contribution in [0.1, 0.15) is 6.99 Å². The van der Waals surface area contributed by atoms with E-state index in [1.54, 1.807) is 12.1 Å². The van der Waals surface area contributed by atoms with Crippen molar-refractivity contribution in [3.8, 4) is 5.75 Å². The topological polar surface area (TPSA) is 26.3 Å². The van der Waals surface area contributed by atoms with E-state index in [0.29, 0.717) is 5.75 Å². The minimum absolute atomic E-state index is 0. The van der Waals surface area contributed by atoms with Gasteiger partial charge in [0.25, 0.3) is 0 Å². The van der Waals surface area contributed by atoms with Crippen LogP contribution in [0.15, 0.2) is 24.3 Å². The summed E-state index contributed by atoms with van der Waals surface area (Å²) in [6, 6.07) is 7.36. The van der Waals surface area contributed by atoms with Crippen LogP contribution in [0.4, 0.5) is 0 Å². The molecule has 0 atom stereocenters. The molecule has 0 N–H and O–H groups in total. The maximum Gasteiger partial charge on any atom is 1.00 e. The summed E-state index contributed by atoms with van der Waals surface area (Å²) in [5.74, 6) is 0.627. The van der Waals surface area contributed by atoms with E-state index in [2.05, 4.69) is 4.52 Å². The molecule has 0 saturated heterocycles. The van der Waals surface area contributed by atoms with Crippen LogP contribution in [-0.4, -0.2) is 0 Å². The molecule has 11 heavy (non-hydrogen) atoms. The molecule has 0 heterocycles. The summed E-state index contributed by atoms with van der Waals surface area (Å²) in [6.07, 6.45) is 0. The fraction of sp³-hybridized carbons (Fsp3) is 0.143. The first-order chi connectivity index (χ1) is 4.83. The standard InChI is InChI=1S/C7H7O2P.Na.H/c1-6-2-4-7(5-3-6)9-10-8;;/h2-5H,1H3;;/q;+1;-1. The van der Waals surface area contributed by atoms with Gasteiger partial charge in [-0.05, 0) is 19.1 Å². The summed E-state index contributed by atoms with van der Waals surface area (Å²) in [4.78, 5) is 0. The summed E-state index contributed by atoms with van der Waals surface area (Å²) in [7, 11) is -0.304. The van der Waals surface area contributed by atoms with Gasteiger partial charge in [-0.1, -0.05) is 17.7 Å². The first-order valence-corrected chi connectivity index (χ1v) is 3.62. The van der Waals surface area contributed by atoms with Crippen molar-refractivity contribution in [3.05, 3.63) is 29.8 Å². The van der Waals surface area contributed by atoms with Crippen LogP contribution in [-0.2, 0) is 4.57 Å². The van der Waals surface area contributed by atoms with Crippen LogP contribution in [0.3, 0.4) is 0 Å². The van der Waals surface area contributed by atoms with Gasteiger partial charge < -0.3 is 5.95 Å². The maximum atomic E-state index is 9.93. The molecule has 4 heteroatoms. The maximum absolute atomic E-state index is 9.93. The smallest absolute Gasteiger partial charge is 1.00 e. The van der Waals surface area contributed by atoms with E-state index in [4.69, 9.17) is 0 Å². The molecule has 0 fully saturated rings. The average molecular weight is 178 g/mol. The second-order valence-electron chi connectivity index (χ2n) is 1.98. The van der Waals surface area contributed by atoms with Crippen molar-refractivity contribution in [2.45, 2.75) is 6.92 Å². The summed E-state index contributed by atoms with van der Waals surface area (Å²) in [5.41, 5.74) is 1.16. The minimum atomic E-state index is -0.304. The van der Waals surface area contributed by atoms with E-state index in [1.807, 2.05) is 19.1 Å². The van der Waals surface area contributed by atoms with E-state index in [9.17, 15) is 4.57 Å². The Hall–Kier alpha value is 0.120. The Morgan fingerprint density at radius 2 is 1.91 bits per heavy atom. The Labute approximate surface area is 91.0 Å². The molecule has 1 aromatic carbocycles. The van der Waals surface area contributed by atoms with E-state index in [-0.39, 0.29) is 39.7 Å². The molecule has 1 rings (SSSR count). The van der Waals surface area contributed by atoms with Gasteiger partial charge in [-0.2, -0.15) is 0 Å². The Kier molecular flexibility index (Phi) is 5.79. The molecule has 0 amide bonds. The van der Waals surface area contributed by atoms with E-state index in [0.717, 1.165) is 5.56 Å². The SMILES string of the molecule is Cc1ccc(OP=O)cc1.[H-].[Na+]. The molecule has 0 radical (unpaired) electrons. The monoisotopic (exact) mass is 178 g/mol. The molecule has 0 spiro atoms. The van der Waals surface area contributed by atoms with Gasteiger partial charge >= 0.3 is 38.2 Å². The molecular formula is C7H8NaO2P. The Bertz CT molecular complexity index is 227. The van der Waals surface area contributed by atoms with Crippen LogP contribution >= 0.6 is 8.69 Å². The van der Waals surface area contributed by atoms with Gasteiger partial charge in [-0.3, -0.25) is 0 Å². The third-order valence-electron chi connectivity index (χ3n) is 1.16. The summed E-state index contributed by atoms with van der Waals surface area (Å²) in [5, 5.41) is 0. The fourth-order valence-corrected chi connectivity index (χ4v) is 0.850. The number of rotatable bonds is 2. The van der Waals surface area contributed by atoms with Crippen LogP contribution in [0.25, 0.3) is 0 Å². The van der Waals surface area contributed by atoms with Crippen molar-refractivity contribution in [3.63, 3.8) is 0 Å². The second-order valence-corrected chi connectivity index (χ2v) is 2.31. The van der Waals surface area contributed by atoms with E-state index >= 15 is 0 Å². The molecular weight excluding hydrogens is 170 g/mol. The molecule has 0 unspecified atom stereocenters. The van der Waals surface area contributed by atoms with Crippen LogP contribution in [0.5, 0.6) is 5.75 Å². The minimum Gasteiger partial charge on any atom is -1.00 e. The van der Waals surface area contributed by atoms with Crippen molar-refractivity contribution < 1.29 is 40.1 Å². The van der Waals surface area contributed by atoms with Crippen molar-refractivity contribution in [2.24, 2.45) is 0 Å². The van der Waals surface area contributed by atoms with Gasteiger partial charge in [0.05, 0.1) is 0 Å². The van der Waals surface area contributed by atoms with Crippen molar-refractivity contribution in [1.29, 1.82) is 0 Å². The molecule has 0 saturated carbocycles. The molecule has 0 bridgehead atoms. The van der Waals surface area contributed by atoms with Gasteiger partial charge in [0.1, 0.15) is 5.75 Å². The summed E-state index contributed by atoms with van der Waals surface area (Å²) in [6.45, 7) is 1.98. The zero-order chi connectivity index (χ0) is 7.40. The van der Waals surface area contributed by atoms with Gasteiger partial charge in [0.2, 0.25) is 0 Å². The number of aryl methyl sites for hydroxylation is 1. The normalized spacial score (nSPS) is 8.82. The Morgan fingerprint density at radius 3 is 2.36 bits per heavy atom. The Morgan fingerprint density at radius 1 is 1.36 bits per heavy atom. The summed E-state index contributed by atoms with van der Waals surface area (Å²) >= 11 is 0. The largest absolute Gasteiger partial charge is 1.00 e. The van der Waals surface area contributed by atoms with Gasteiger partial charge in [-0.15, -0.1) is 0 Å². The van der Waals surface area contributed by atoms with Gasteiger partial charge in [0, 0.05) is 0 Å². The van der Waals surface area contributed by atoms with Crippen LogP contribution in [0.2, 0.25) is 0 Å². The molecule has 1 aromatic rings. The molecule has 0 aliphatic heterocycles. The van der Waals surface area contributed by atoms with Crippen LogP contribution < -0.4 is 34.1 Å². The zero-order valence-corrected chi connectivity index (χ0v) is 9.47. The molecule has 2 nitrogen and oxygen atoms in total. The summed E-state index contributed by atoms with van der Waals surface area (Å²) < 4.78 is 14.6. The van der Waals surface area contributed by atoms with Crippen LogP contribution in [0, 0.1) is 6.92 Å². The van der Waals surface area contributed by atoms with Crippen molar-refractivity contribution >= 4 is 8.69 Å². The first kappa shape index (κ1) is 11.1. The molecule has 54 valence electrons. The van der Waals surface area contributed by atoms with Crippen molar-refractivity contribution in [2.75, 3.05) is 0 Å². The van der Waals surface area contributed by atoms with E-state index in [1.165, 1.54) is 0 Å². The third-order valence-corrected chi connectivity index (χ3v) is 1.45. The average Bonchev–Trinajstić information content (AvgIpc) is 1.95. The second kappa shape index (κ2) is 5.73. The quantitative estimate of drug-likeness (QED) is 0.459. The van der Waals surface area contributed by atoms with Crippen molar-refractivity contribution in [1.82, 2.24) is 0 Å². The van der Waals surface area contributed by atoms with E-state index < -0.39 is 0 Å². The number of hydrogen-bond donors (Lipinski definition) is 0. The number of benzene rings is 1. The third kappa shape index (κ3) is 3.88. The molecule has 0 aliphatic rings. The van der Waals surface area contributed by atoms with Gasteiger partial charge in [-0.25, -0.2) is 4.57 Å². The van der Waals surface area contributed by atoms with Gasteiger partial charge in [0.15, 0.2) is 0 Å². The fourth-order valence-electron chi connectivity index (χ4n) is 0.642. The zero-order valence-electron chi connectivity index (χ0n) is 7.57. The molecule has 0 aromatic heterocycles. The molecule has 0 aliphatic carbocycles. The first-order valence-electron chi connectivity index (χ1n) is 2.89. The predicted molar refractivity (Wildman–Crippen MR) is 40.5 cm³/mol. The Balaban J connectivity index is 0. The predicted octanol–water partition coefficient (Wildman–Crippen LogP) is -0.303.